The molecule has 2 N–H and O–H groups in total. The summed E-state index contributed by atoms with van der Waals surface area (Å²) in [5.74, 6) is -1.25. The third-order valence-corrected chi connectivity index (χ3v) is 1.28. The van der Waals surface area contributed by atoms with Crippen molar-refractivity contribution in [2.45, 2.75) is 13.5 Å². The first-order chi connectivity index (χ1) is 5.15. The monoisotopic (exact) mass is 156 g/mol. The van der Waals surface area contributed by atoms with Gasteiger partial charge in [0.1, 0.15) is 0 Å². The van der Waals surface area contributed by atoms with E-state index in [-0.39, 0.29) is 11.6 Å². The van der Waals surface area contributed by atoms with Crippen molar-refractivity contribution in [3.05, 3.63) is 11.8 Å². The van der Waals surface area contributed by atoms with Gasteiger partial charge in [-0.1, -0.05) is 0 Å². The highest BCUT2D eigenvalue weighted by atomic mass is 16.4. The summed E-state index contributed by atoms with van der Waals surface area (Å²) in [6, 6.07) is 1.12. The summed E-state index contributed by atoms with van der Waals surface area (Å²) in [5.41, 5.74) is -0.135. The molecule has 0 atom stereocenters. The van der Waals surface area contributed by atoms with Crippen LogP contribution in [0.3, 0.4) is 0 Å². The van der Waals surface area contributed by atoms with Crippen molar-refractivity contribution in [2.24, 2.45) is 0 Å². The number of aromatic hydroxyl groups is 1. The minimum atomic E-state index is -1.13. The van der Waals surface area contributed by atoms with Crippen LogP contribution in [0.2, 0.25) is 0 Å². The molecule has 11 heavy (non-hydrogen) atoms. The zero-order chi connectivity index (χ0) is 8.43. The average Bonchev–Trinajstić information content (AvgIpc) is 2.31. The van der Waals surface area contributed by atoms with Crippen LogP contribution in [-0.2, 0) is 6.54 Å². The molecule has 1 aromatic heterocycles. The highest BCUT2D eigenvalue weighted by Crippen LogP contribution is 2.10. The van der Waals surface area contributed by atoms with Gasteiger partial charge < -0.3 is 10.2 Å². The van der Waals surface area contributed by atoms with Crippen molar-refractivity contribution >= 4 is 5.97 Å². The second-order valence-electron chi connectivity index (χ2n) is 2.01. The van der Waals surface area contributed by atoms with Gasteiger partial charge in [-0.05, 0) is 6.92 Å². The zero-order valence-electron chi connectivity index (χ0n) is 5.98. The van der Waals surface area contributed by atoms with E-state index < -0.39 is 5.97 Å². The first-order valence-electron chi connectivity index (χ1n) is 3.15. The minimum Gasteiger partial charge on any atom is -0.493 e. The number of hydrogen-bond acceptors (Lipinski definition) is 3. The Morgan fingerprint density at radius 3 is 2.73 bits per heavy atom. The predicted molar refractivity (Wildman–Crippen MR) is 36.5 cm³/mol. The fourth-order valence-corrected chi connectivity index (χ4v) is 0.744. The molecule has 60 valence electrons. The molecular weight excluding hydrogens is 148 g/mol. The van der Waals surface area contributed by atoms with Crippen LogP contribution < -0.4 is 0 Å². The van der Waals surface area contributed by atoms with Gasteiger partial charge in [-0.2, -0.15) is 5.10 Å². The fourth-order valence-electron chi connectivity index (χ4n) is 0.744. The summed E-state index contributed by atoms with van der Waals surface area (Å²) in [5, 5.41) is 21.0. The van der Waals surface area contributed by atoms with E-state index in [4.69, 9.17) is 10.2 Å². The van der Waals surface area contributed by atoms with Gasteiger partial charge in [0.15, 0.2) is 5.69 Å². The summed E-state index contributed by atoms with van der Waals surface area (Å²) in [6.07, 6.45) is 0. The Kier molecular flexibility index (Phi) is 1.80. The summed E-state index contributed by atoms with van der Waals surface area (Å²) in [4.78, 5) is 10.3. The highest BCUT2D eigenvalue weighted by Gasteiger charge is 2.10. The van der Waals surface area contributed by atoms with Crippen molar-refractivity contribution in [2.75, 3.05) is 0 Å². The Bertz CT molecular complexity index is 279. The van der Waals surface area contributed by atoms with Crippen LogP contribution in [0.15, 0.2) is 6.07 Å². The number of nitrogens with zero attached hydrogens (tertiary/aromatic N) is 2. The van der Waals surface area contributed by atoms with E-state index in [1.807, 2.05) is 0 Å². The molecule has 0 aromatic carbocycles. The topological polar surface area (TPSA) is 75.4 Å². The number of aromatic carboxylic acids is 1. The molecular formula is C6H8N2O3. The lowest BCUT2D eigenvalue weighted by Crippen LogP contribution is -2.01. The third-order valence-electron chi connectivity index (χ3n) is 1.28. The van der Waals surface area contributed by atoms with Crippen molar-refractivity contribution in [1.82, 2.24) is 9.78 Å². The van der Waals surface area contributed by atoms with Gasteiger partial charge in [0.05, 0.1) is 0 Å². The molecule has 5 nitrogen and oxygen atoms in total. The number of carbonyl (C=O) groups is 1. The number of aromatic nitrogens is 2. The van der Waals surface area contributed by atoms with E-state index >= 15 is 0 Å². The summed E-state index contributed by atoms with van der Waals surface area (Å²) < 4.78 is 1.21. The number of carboxylic acids is 1. The molecule has 1 aromatic rings. The third kappa shape index (κ3) is 1.31. The van der Waals surface area contributed by atoms with E-state index in [9.17, 15) is 4.79 Å². The molecule has 5 heteroatoms. The van der Waals surface area contributed by atoms with Crippen LogP contribution in [0.5, 0.6) is 5.88 Å². The molecule has 0 aliphatic carbocycles. The van der Waals surface area contributed by atoms with E-state index in [1.54, 1.807) is 6.92 Å². The molecule has 0 saturated carbocycles. The van der Waals surface area contributed by atoms with E-state index in [2.05, 4.69) is 5.10 Å². The average molecular weight is 156 g/mol. The van der Waals surface area contributed by atoms with Gasteiger partial charge in [0, 0.05) is 12.6 Å². The highest BCUT2D eigenvalue weighted by molar-refractivity contribution is 5.85. The van der Waals surface area contributed by atoms with E-state index in [0.29, 0.717) is 6.54 Å². The normalized spacial score (nSPS) is 9.91. The summed E-state index contributed by atoms with van der Waals surface area (Å²) >= 11 is 0. The predicted octanol–water partition coefficient (Wildman–Crippen LogP) is 0.307. The summed E-state index contributed by atoms with van der Waals surface area (Å²) in [7, 11) is 0. The Morgan fingerprint density at radius 1 is 1.82 bits per heavy atom. The lowest BCUT2D eigenvalue weighted by Gasteiger charge is -1.93. The van der Waals surface area contributed by atoms with Crippen molar-refractivity contribution < 1.29 is 15.0 Å². The SMILES string of the molecule is CCn1nc(C(=O)O)cc1O. The molecule has 0 bridgehead atoms. The quantitative estimate of drug-likeness (QED) is 0.646. The Morgan fingerprint density at radius 2 is 2.45 bits per heavy atom. The first-order valence-corrected chi connectivity index (χ1v) is 3.15. The number of aryl methyl sites for hydroxylation is 1. The van der Waals surface area contributed by atoms with Gasteiger partial charge in [-0.15, -0.1) is 0 Å². The smallest absolute Gasteiger partial charge is 0.356 e. The molecule has 0 amide bonds. The van der Waals surface area contributed by atoms with Crippen LogP contribution in [0.1, 0.15) is 17.4 Å². The van der Waals surface area contributed by atoms with Crippen LogP contribution >= 0.6 is 0 Å². The van der Waals surface area contributed by atoms with Crippen molar-refractivity contribution in [3.8, 4) is 5.88 Å². The Balaban J connectivity index is 3.05. The molecule has 0 fully saturated rings. The Labute approximate surface area is 62.9 Å². The van der Waals surface area contributed by atoms with Crippen LogP contribution in [-0.4, -0.2) is 26.0 Å². The molecule has 1 heterocycles. The molecule has 0 spiro atoms. The molecule has 0 radical (unpaired) electrons. The number of rotatable bonds is 2. The maximum Gasteiger partial charge on any atom is 0.356 e. The largest absolute Gasteiger partial charge is 0.493 e. The lowest BCUT2D eigenvalue weighted by molar-refractivity contribution is 0.0689. The van der Waals surface area contributed by atoms with E-state index in [1.165, 1.54) is 4.68 Å². The molecule has 0 aliphatic rings. The van der Waals surface area contributed by atoms with Gasteiger partial charge in [-0.25, -0.2) is 9.48 Å². The fraction of sp³-hybridized carbons (Fsp3) is 0.333. The van der Waals surface area contributed by atoms with Crippen LogP contribution in [0.25, 0.3) is 0 Å². The summed E-state index contributed by atoms with van der Waals surface area (Å²) in [6.45, 7) is 2.22. The van der Waals surface area contributed by atoms with Crippen molar-refractivity contribution in [1.29, 1.82) is 0 Å². The van der Waals surface area contributed by atoms with Gasteiger partial charge in [0.2, 0.25) is 5.88 Å². The lowest BCUT2D eigenvalue weighted by atomic mass is 10.4. The maximum atomic E-state index is 10.3. The molecule has 1 rings (SSSR count). The van der Waals surface area contributed by atoms with E-state index in [0.717, 1.165) is 6.07 Å². The molecule has 0 saturated heterocycles. The van der Waals surface area contributed by atoms with Crippen LogP contribution in [0, 0.1) is 0 Å². The van der Waals surface area contributed by atoms with Gasteiger partial charge >= 0.3 is 5.97 Å². The Hall–Kier alpha value is -1.52. The van der Waals surface area contributed by atoms with Crippen LogP contribution in [0.4, 0.5) is 0 Å². The molecule has 0 unspecified atom stereocenters. The van der Waals surface area contributed by atoms with Gasteiger partial charge in [0.25, 0.3) is 0 Å². The van der Waals surface area contributed by atoms with Crippen molar-refractivity contribution in [3.63, 3.8) is 0 Å². The zero-order valence-corrected chi connectivity index (χ0v) is 5.98. The first kappa shape index (κ1) is 7.59. The molecule has 0 aliphatic heterocycles. The number of carboxylic acid groups (broad SMARTS) is 1. The minimum absolute atomic E-state index is 0.120. The standard InChI is InChI=1S/C6H8N2O3/c1-2-8-5(9)3-4(7-8)6(10)11/h3,9H,2H2,1H3,(H,10,11). The second-order valence-corrected chi connectivity index (χ2v) is 2.01. The number of hydrogen-bond donors (Lipinski definition) is 2. The maximum absolute atomic E-state index is 10.3. The second kappa shape index (κ2) is 2.61. The van der Waals surface area contributed by atoms with Gasteiger partial charge in [-0.3, -0.25) is 0 Å².